The number of nitrogen functional groups attached to an aromatic ring is 1. The number of thiophene rings is 1. The Kier molecular flexibility index (Phi) is 3.40. The largest absolute Gasteiger partial charge is 0.368 e. The van der Waals surface area contributed by atoms with Crippen LogP contribution >= 0.6 is 27.3 Å². The van der Waals surface area contributed by atoms with E-state index in [-0.39, 0.29) is 5.95 Å². The summed E-state index contributed by atoms with van der Waals surface area (Å²) < 4.78 is 0.848. The lowest BCUT2D eigenvalue weighted by molar-refractivity contribution is 0.902. The quantitative estimate of drug-likeness (QED) is 0.946. The van der Waals surface area contributed by atoms with Crippen molar-refractivity contribution in [3.63, 3.8) is 0 Å². The number of aromatic nitrogens is 2. The predicted molar refractivity (Wildman–Crippen MR) is 70.6 cm³/mol. The molecule has 2 rings (SSSR count). The molecule has 0 saturated heterocycles. The first kappa shape index (κ1) is 11.3. The maximum Gasteiger partial charge on any atom is 0.222 e. The average Bonchev–Trinajstić information content (AvgIpc) is 2.74. The molecule has 0 aliphatic carbocycles. The van der Waals surface area contributed by atoms with Crippen molar-refractivity contribution in [1.29, 1.82) is 0 Å². The van der Waals surface area contributed by atoms with Crippen LogP contribution in [0.4, 0.5) is 11.8 Å². The van der Waals surface area contributed by atoms with Crippen LogP contribution in [0.5, 0.6) is 0 Å². The Hall–Kier alpha value is -1.14. The van der Waals surface area contributed by atoms with E-state index in [0.717, 1.165) is 16.8 Å². The maximum absolute atomic E-state index is 5.57. The highest BCUT2D eigenvalue weighted by Crippen LogP contribution is 2.24. The van der Waals surface area contributed by atoms with Gasteiger partial charge in [0.2, 0.25) is 5.95 Å². The van der Waals surface area contributed by atoms with Crippen LogP contribution in [0, 0.1) is 0 Å². The second kappa shape index (κ2) is 4.80. The summed E-state index contributed by atoms with van der Waals surface area (Å²) in [6, 6.07) is 4.14. The molecule has 0 amide bonds. The fraction of sp³-hybridized carbons (Fsp3) is 0.200. The molecule has 2 heterocycles. The summed E-state index contributed by atoms with van der Waals surface area (Å²) in [6.07, 6.45) is 1.67. The Morgan fingerprint density at radius 1 is 1.56 bits per heavy atom. The summed E-state index contributed by atoms with van der Waals surface area (Å²) in [5, 5.41) is 2.06. The standard InChI is InChI=1S/C10H11BrN4S/c1-15(6-7-3-2-4-16-7)9-8(11)5-13-10(12)14-9/h2-5H,6H2,1H3,(H2,12,13,14). The first-order chi connectivity index (χ1) is 7.66. The van der Waals surface area contributed by atoms with Gasteiger partial charge in [-0.25, -0.2) is 4.98 Å². The smallest absolute Gasteiger partial charge is 0.222 e. The normalized spacial score (nSPS) is 10.4. The van der Waals surface area contributed by atoms with Crippen LogP contribution in [-0.2, 0) is 6.54 Å². The minimum Gasteiger partial charge on any atom is -0.368 e. The van der Waals surface area contributed by atoms with Gasteiger partial charge in [-0.05, 0) is 27.4 Å². The number of nitrogens with zero attached hydrogens (tertiary/aromatic N) is 3. The first-order valence-electron chi connectivity index (χ1n) is 4.68. The summed E-state index contributed by atoms with van der Waals surface area (Å²) in [7, 11) is 1.98. The van der Waals surface area contributed by atoms with Gasteiger partial charge < -0.3 is 10.6 Å². The molecule has 0 aliphatic heterocycles. The molecule has 0 radical (unpaired) electrons. The third-order valence-electron chi connectivity index (χ3n) is 2.08. The number of hydrogen-bond donors (Lipinski definition) is 1. The minimum absolute atomic E-state index is 0.288. The number of anilines is 2. The van der Waals surface area contributed by atoms with Crippen LogP contribution in [-0.4, -0.2) is 17.0 Å². The van der Waals surface area contributed by atoms with Gasteiger partial charge >= 0.3 is 0 Å². The molecule has 6 heteroatoms. The Labute approximate surface area is 106 Å². The molecular weight excluding hydrogens is 288 g/mol. The summed E-state index contributed by atoms with van der Waals surface area (Å²) >= 11 is 5.14. The van der Waals surface area contributed by atoms with Crippen molar-refractivity contribution in [1.82, 2.24) is 9.97 Å². The summed E-state index contributed by atoms with van der Waals surface area (Å²) in [6.45, 7) is 0.812. The predicted octanol–water partition coefficient (Wildman–Crippen LogP) is 2.52. The molecule has 16 heavy (non-hydrogen) atoms. The van der Waals surface area contributed by atoms with E-state index in [1.54, 1.807) is 17.5 Å². The Bertz CT molecular complexity index is 472. The van der Waals surface area contributed by atoms with E-state index in [0.29, 0.717) is 0 Å². The molecule has 0 aromatic carbocycles. The van der Waals surface area contributed by atoms with E-state index >= 15 is 0 Å². The van der Waals surface area contributed by atoms with Crippen LogP contribution in [0.2, 0.25) is 0 Å². The van der Waals surface area contributed by atoms with Crippen LogP contribution in [0.3, 0.4) is 0 Å². The van der Waals surface area contributed by atoms with Gasteiger partial charge in [-0.15, -0.1) is 11.3 Å². The zero-order chi connectivity index (χ0) is 11.5. The van der Waals surface area contributed by atoms with Crippen LogP contribution in [0.15, 0.2) is 28.2 Å². The van der Waals surface area contributed by atoms with Gasteiger partial charge in [-0.1, -0.05) is 6.07 Å². The van der Waals surface area contributed by atoms with Gasteiger partial charge in [-0.2, -0.15) is 4.98 Å². The molecule has 2 N–H and O–H groups in total. The van der Waals surface area contributed by atoms with E-state index in [2.05, 4.69) is 37.3 Å². The van der Waals surface area contributed by atoms with Gasteiger partial charge in [0, 0.05) is 18.1 Å². The molecule has 0 fully saturated rings. The monoisotopic (exact) mass is 298 g/mol. The molecule has 2 aromatic heterocycles. The molecule has 0 saturated carbocycles. The SMILES string of the molecule is CN(Cc1cccs1)c1nc(N)ncc1Br. The van der Waals surface area contributed by atoms with Gasteiger partial charge in [0.05, 0.1) is 11.0 Å². The summed E-state index contributed by atoms with van der Waals surface area (Å²) in [4.78, 5) is 11.4. The summed E-state index contributed by atoms with van der Waals surface area (Å²) in [5.41, 5.74) is 5.57. The fourth-order valence-electron chi connectivity index (χ4n) is 1.35. The zero-order valence-corrected chi connectivity index (χ0v) is 11.1. The Balaban J connectivity index is 2.20. The molecule has 2 aromatic rings. The molecule has 0 bridgehead atoms. The third-order valence-corrected chi connectivity index (χ3v) is 3.50. The highest BCUT2D eigenvalue weighted by Gasteiger charge is 2.09. The average molecular weight is 299 g/mol. The first-order valence-corrected chi connectivity index (χ1v) is 6.35. The van der Waals surface area contributed by atoms with Gasteiger partial charge in [0.15, 0.2) is 0 Å². The minimum atomic E-state index is 0.288. The summed E-state index contributed by atoms with van der Waals surface area (Å²) in [5.74, 6) is 1.09. The molecular formula is C10H11BrN4S. The highest BCUT2D eigenvalue weighted by molar-refractivity contribution is 9.10. The lowest BCUT2D eigenvalue weighted by atomic mass is 10.4. The van der Waals surface area contributed by atoms with Gasteiger partial charge in [0.25, 0.3) is 0 Å². The van der Waals surface area contributed by atoms with Crippen LogP contribution in [0.1, 0.15) is 4.88 Å². The van der Waals surface area contributed by atoms with Crippen molar-refractivity contribution >= 4 is 39.0 Å². The highest BCUT2D eigenvalue weighted by atomic mass is 79.9. The van der Waals surface area contributed by atoms with Crippen molar-refractivity contribution in [2.75, 3.05) is 17.7 Å². The number of nitrogens with two attached hydrogens (primary N) is 1. The second-order valence-electron chi connectivity index (χ2n) is 3.34. The Morgan fingerprint density at radius 2 is 2.38 bits per heavy atom. The van der Waals surface area contributed by atoms with Crippen molar-refractivity contribution in [3.8, 4) is 0 Å². The number of hydrogen-bond acceptors (Lipinski definition) is 5. The van der Waals surface area contributed by atoms with Crippen molar-refractivity contribution < 1.29 is 0 Å². The number of halogens is 1. The van der Waals surface area contributed by atoms with Crippen molar-refractivity contribution in [2.45, 2.75) is 6.54 Å². The number of rotatable bonds is 3. The molecule has 0 aliphatic rings. The van der Waals surface area contributed by atoms with E-state index in [4.69, 9.17) is 5.73 Å². The van der Waals surface area contributed by atoms with Crippen molar-refractivity contribution in [2.24, 2.45) is 0 Å². The zero-order valence-electron chi connectivity index (χ0n) is 8.72. The van der Waals surface area contributed by atoms with Crippen molar-refractivity contribution in [3.05, 3.63) is 33.1 Å². The van der Waals surface area contributed by atoms with Gasteiger partial charge in [0.1, 0.15) is 5.82 Å². The van der Waals surface area contributed by atoms with E-state index in [1.165, 1.54) is 4.88 Å². The maximum atomic E-state index is 5.57. The van der Waals surface area contributed by atoms with E-state index < -0.39 is 0 Å². The molecule has 0 spiro atoms. The fourth-order valence-corrected chi connectivity index (χ4v) is 2.60. The topological polar surface area (TPSA) is 55.0 Å². The second-order valence-corrected chi connectivity index (χ2v) is 5.22. The lowest BCUT2D eigenvalue weighted by Gasteiger charge is -2.18. The molecule has 4 nitrogen and oxygen atoms in total. The molecule has 84 valence electrons. The van der Waals surface area contributed by atoms with Crippen LogP contribution < -0.4 is 10.6 Å². The third kappa shape index (κ3) is 2.51. The van der Waals surface area contributed by atoms with Gasteiger partial charge in [-0.3, -0.25) is 0 Å². The lowest BCUT2D eigenvalue weighted by Crippen LogP contribution is -2.18. The Morgan fingerprint density at radius 3 is 3.06 bits per heavy atom. The van der Waals surface area contributed by atoms with Crippen LogP contribution in [0.25, 0.3) is 0 Å². The molecule has 0 unspecified atom stereocenters. The van der Waals surface area contributed by atoms with E-state index in [1.807, 2.05) is 18.0 Å². The molecule has 0 atom stereocenters. The van der Waals surface area contributed by atoms with E-state index in [9.17, 15) is 0 Å².